The monoisotopic (exact) mass is 405 g/mol. The van der Waals surface area contributed by atoms with Crippen LogP contribution in [0.1, 0.15) is 11.3 Å². The molecular formula is C18H16ClN3O2S2. The van der Waals surface area contributed by atoms with E-state index in [-0.39, 0.29) is 11.7 Å². The maximum Gasteiger partial charge on any atom is 0.190 e. The minimum absolute atomic E-state index is 0.0645. The van der Waals surface area contributed by atoms with Gasteiger partial charge in [-0.3, -0.25) is 5.21 Å². The van der Waals surface area contributed by atoms with Crippen LogP contribution >= 0.6 is 35.2 Å². The summed E-state index contributed by atoms with van der Waals surface area (Å²) in [5, 5.41) is 13.9. The maximum absolute atomic E-state index is 9.53. The van der Waals surface area contributed by atoms with E-state index in [9.17, 15) is 5.21 Å². The number of thiazole rings is 1. The van der Waals surface area contributed by atoms with E-state index < -0.39 is 0 Å². The molecule has 0 fully saturated rings. The van der Waals surface area contributed by atoms with Crippen molar-refractivity contribution in [2.45, 2.75) is 13.2 Å². The van der Waals surface area contributed by atoms with E-state index in [0.29, 0.717) is 11.6 Å². The molecule has 0 saturated heterocycles. The lowest BCUT2D eigenvalue weighted by molar-refractivity contribution is -0.0211. The Morgan fingerprint density at radius 3 is 2.54 bits per heavy atom. The first kappa shape index (κ1) is 18.6. The van der Waals surface area contributed by atoms with Crippen LogP contribution < -0.4 is 10.5 Å². The summed E-state index contributed by atoms with van der Waals surface area (Å²) in [7, 11) is 0. The number of thiocarbonyl (C=S) groups is 1. The lowest BCUT2D eigenvalue weighted by Gasteiger charge is -2.14. The lowest BCUT2D eigenvalue weighted by Crippen LogP contribution is -2.31. The molecule has 0 amide bonds. The molecule has 1 aromatic heterocycles. The largest absolute Gasteiger partial charge is 0.487 e. The second kappa shape index (κ2) is 8.46. The van der Waals surface area contributed by atoms with Crippen molar-refractivity contribution in [2.75, 3.05) is 0 Å². The van der Waals surface area contributed by atoms with Crippen LogP contribution in [0.2, 0.25) is 5.02 Å². The predicted octanol–water partition coefficient (Wildman–Crippen LogP) is 4.48. The number of rotatable bonds is 6. The third kappa shape index (κ3) is 4.92. The highest BCUT2D eigenvalue weighted by molar-refractivity contribution is 7.80. The quantitative estimate of drug-likeness (QED) is 0.465. The first-order valence-electron chi connectivity index (χ1n) is 7.69. The summed E-state index contributed by atoms with van der Waals surface area (Å²) < 4.78 is 5.76. The van der Waals surface area contributed by atoms with Gasteiger partial charge in [-0.1, -0.05) is 35.9 Å². The summed E-state index contributed by atoms with van der Waals surface area (Å²) in [6.45, 7) is 0.606. The number of hydrogen-bond donors (Lipinski definition) is 2. The molecule has 3 rings (SSSR count). The predicted molar refractivity (Wildman–Crippen MR) is 107 cm³/mol. The van der Waals surface area contributed by atoms with Crippen LogP contribution in [0.15, 0.2) is 53.9 Å². The summed E-state index contributed by atoms with van der Waals surface area (Å²) in [4.78, 5) is 4.58. The van der Waals surface area contributed by atoms with Crippen molar-refractivity contribution in [3.05, 3.63) is 70.2 Å². The smallest absolute Gasteiger partial charge is 0.190 e. The van der Waals surface area contributed by atoms with Crippen LogP contribution in [-0.4, -0.2) is 20.4 Å². The number of halogens is 1. The number of hydrogen-bond acceptors (Lipinski definition) is 5. The Hall–Kier alpha value is -2.19. The van der Waals surface area contributed by atoms with Gasteiger partial charge >= 0.3 is 0 Å². The topological polar surface area (TPSA) is 71.6 Å². The Morgan fingerprint density at radius 1 is 1.19 bits per heavy atom. The Kier molecular flexibility index (Phi) is 6.05. The second-order valence-electron chi connectivity index (χ2n) is 5.48. The molecule has 1 heterocycles. The van der Waals surface area contributed by atoms with Gasteiger partial charge in [0.2, 0.25) is 0 Å². The molecule has 0 atom stereocenters. The zero-order valence-electron chi connectivity index (χ0n) is 13.6. The minimum atomic E-state index is -0.0645. The van der Waals surface area contributed by atoms with Crippen molar-refractivity contribution in [2.24, 2.45) is 5.73 Å². The van der Waals surface area contributed by atoms with E-state index in [2.05, 4.69) is 4.98 Å². The van der Waals surface area contributed by atoms with Crippen LogP contribution in [0, 0.1) is 0 Å². The second-order valence-corrected chi connectivity index (χ2v) is 7.19. The van der Waals surface area contributed by atoms with Crippen molar-refractivity contribution in [1.29, 1.82) is 0 Å². The van der Waals surface area contributed by atoms with Crippen LogP contribution in [0.5, 0.6) is 5.75 Å². The van der Waals surface area contributed by atoms with Crippen LogP contribution in [0.3, 0.4) is 0 Å². The molecule has 0 unspecified atom stereocenters. The third-order valence-electron chi connectivity index (χ3n) is 3.54. The van der Waals surface area contributed by atoms with E-state index in [1.165, 1.54) is 0 Å². The van der Waals surface area contributed by atoms with Gasteiger partial charge in [-0.25, -0.2) is 10.0 Å². The third-order valence-corrected chi connectivity index (χ3v) is 4.94. The summed E-state index contributed by atoms with van der Waals surface area (Å²) in [5.41, 5.74) is 8.10. The number of aromatic nitrogens is 1. The Labute approximate surface area is 165 Å². The molecule has 0 aliphatic rings. The van der Waals surface area contributed by atoms with Gasteiger partial charge in [0.1, 0.15) is 17.4 Å². The first-order valence-corrected chi connectivity index (χ1v) is 9.36. The molecule has 0 saturated carbocycles. The SMILES string of the molecule is NC(=S)N(O)Cc1ccc(OCc2csc(-c3ccc(Cl)cc3)n2)cc1. The molecular weight excluding hydrogens is 390 g/mol. The van der Waals surface area contributed by atoms with Crippen molar-refractivity contribution in [1.82, 2.24) is 10.0 Å². The van der Waals surface area contributed by atoms with Gasteiger partial charge in [0.15, 0.2) is 5.11 Å². The first-order chi connectivity index (χ1) is 12.5. The number of hydroxylamine groups is 2. The fourth-order valence-corrected chi connectivity index (χ4v) is 3.20. The molecule has 26 heavy (non-hydrogen) atoms. The highest BCUT2D eigenvalue weighted by Crippen LogP contribution is 2.25. The van der Waals surface area contributed by atoms with Crippen LogP contribution in [0.4, 0.5) is 0 Å². The van der Waals surface area contributed by atoms with Crippen molar-refractivity contribution < 1.29 is 9.94 Å². The molecule has 0 aliphatic heterocycles. The zero-order chi connectivity index (χ0) is 18.5. The molecule has 3 N–H and O–H groups in total. The van der Waals surface area contributed by atoms with Crippen molar-refractivity contribution >= 4 is 40.3 Å². The number of nitrogens with zero attached hydrogens (tertiary/aromatic N) is 2. The van der Waals surface area contributed by atoms with Gasteiger partial charge in [-0.2, -0.15) is 0 Å². The van der Waals surface area contributed by atoms with E-state index in [1.54, 1.807) is 11.3 Å². The summed E-state index contributed by atoms with van der Waals surface area (Å²) >= 11 is 12.2. The van der Waals surface area contributed by atoms with Gasteiger partial charge in [0, 0.05) is 16.0 Å². The molecule has 5 nitrogen and oxygen atoms in total. The van der Waals surface area contributed by atoms with Gasteiger partial charge < -0.3 is 10.5 Å². The zero-order valence-corrected chi connectivity index (χ0v) is 16.0. The van der Waals surface area contributed by atoms with Gasteiger partial charge in [-0.15, -0.1) is 11.3 Å². The fourth-order valence-electron chi connectivity index (χ4n) is 2.20. The molecule has 2 aromatic carbocycles. The van der Waals surface area contributed by atoms with E-state index in [1.807, 2.05) is 53.9 Å². The van der Waals surface area contributed by atoms with Crippen LogP contribution in [-0.2, 0) is 13.2 Å². The van der Waals surface area contributed by atoms with Gasteiger partial charge in [-0.05, 0) is 42.0 Å². The fraction of sp³-hybridized carbons (Fsp3) is 0.111. The highest BCUT2D eigenvalue weighted by Gasteiger charge is 2.07. The Bertz CT molecular complexity index is 882. The molecule has 0 radical (unpaired) electrons. The van der Waals surface area contributed by atoms with E-state index in [4.69, 9.17) is 34.3 Å². The maximum atomic E-state index is 9.53. The molecule has 134 valence electrons. The highest BCUT2D eigenvalue weighted by atomic mass is 35.5. The average Bonchev–Trinajstić information content (AvgIpc) is 3.10. The summed E-state index contributed by atoms with van der Waals surface area (Å²) in [5.74, 6) is 0.717. The van der Waals surface area contributed by atoms with Crippen molar-refractivity contribution in [3.63, 3.8) is 0 Å². The van der Waals surface area contributed by atoms with E-state index in [0.717, 1.165) is 32.6 Å². The van der Waals surface area contributed by atoms with Crippen molar-refractivity contribution in [3.8, 4) is 16.3 Å². The average molecular weight is 406 g/mol. The Balaban J connectivity index is 1.57. The van der Waals surface area contributed by atoms with E-state index >= 15 is 0 Å². The summed E-state index contributed by atoms with van der Waals surface area (Å²) in [6, 6.07) is 14.9. The standard InChI is InChI=1S/C18H16ClN3O2S2/c19-14-5-3-13(4-6-14)17-21-15(11-26-17)10-24-16-7-1-12(2-8-16)9-22(23)18(20)25/h1-8,11,23H,9-10H2,(H2,20,25). The minimum Gasteiger partial charge on any atom is -0.487 e. The molecule has 3 aromatic rings. The molecule has 0 bridgehead atoms. The van der Waals surface area contributed by atoms with Crippen LogP contribution in [0.25, 0.3) is 10.6 Å². The molecule has 0 spiro atoms. The normalized spacial score (nSPS) is 10.5. The van der Waals surface area contributed by atoms with Gasteiger partial charge in [0.25, 0.3) is 0 Å². The summed E-state index contributed by atoms with van der Waals surface area (Å²) in [6.07, 6.45) is 0. The molecule has 0 aliphatic carbocycles. The number of benzene rings is 2. The lowest BCUT2D eigenvalue weighted by atomic mass is 10.2. The Morgan fingerprint density at radius 2 is 1.88 bits per heavy atom. The number of nitrogens with two attached hydrogens (primary N) is 1. The molecule has 8 heteroatoms. The van der Waals surface area contributed by atoms with Gasteiger partial charge in [0.05, 0.1) is 12.2 Å². The number of ether oxygens (including phenoxy) is 1.